The molecule has 0 radical (unpaired) electrons. The summed E-state index contributed by atoms with van der Waals surface area (Å²) >= 11 is 5.94. The van der Waals surface area contributed by atoms with Gasteiger partial charge in [0.1, 0.15) is 11.5 Å². The average Bonchev–Trinajstić information content (AvgIpc) is 3.27. The topological polar surface area (TPSA) is 101 Å². The lowest BCUT2D eigenvalue weighted by Crippen LogP contribution is -2.38. The fourth-order valence-corrected chi connectivity index (χ4v) is 3.57. The van der Waals surface area contributed by atoms with E-state index in [1.54, 1.807) is 13.2 Å². The highest BCUT2D eigenvalue weighted by atomic mass is 35.5. The number of phenols is 1. The second kappa shape index (κ2) is 8.62. The maximum atomic E-state index is 12.6. The highest BCUT2D eigenvalue weighted by Gasteiger charge is 2.28. The van der Waals surface area contributed by atoms with Gasteiger partial charge in [0.05, 0.1) is 12.8 Å². The molecule has 2 N–H and O–H groups in total. The number of anilines is 2. The van der Waals surface area contributed by atoms with Crippen molar-refractivity contribution in [2.45, 2.75) is 12.8 Å². The van der Waals surface area contributed by atoms with Gasteiger partial charge in [-0.2, -0.15) is 4.98 Å². The summed E-state index contributed by atoms with van der Waals surface area (Å²) in [4.78, 5) is 19.0. The van der Waals surface area contributed by atoms with E-state index in [1.165, 1.54) is 12.1 Å². The maximum absolute atomic E-state index is 12.6. The Bertz CT molecular complexity index is 1050. The number of aromatic nitrogens is 2. The first-order chi connectivity index (χ1) is 14.5. The Labute approximate surface area is 178 Å². The lowest BCUT2D eigenvalue weighted by Gasteiger charge is -2.29. The van der Waals surface area contributed by atoms with Crippen molar-refractivity contribution in [1.29, 1.82) is 0 Å². The van der Waals surface area contributed by atoms with Crippen molar-refractivity contribution >= 4 is 29.2 Å². The molecule has 3 aromatic rings. The van der Waals surface area contributed by atoms with E-state index in [2.05, 4.69) is 15.5 Å². The van der Waals surface area contributed by atoms with E-state index in [4.69, 9.17) is 20.9 Å². The van der Waals surface area contributed by atoms with Gasteiger partial charge in [-0.15, -0.1) is 0 Å². The number of hydrogen-bond acceptors (Lipinski definition) is 7. The number of piperidine rings is 1. The first-order valence-corrected chi connectivity index (χ1v) is 9.94. The number of carbonyl (C=O) groups excluding carboxylic acids is 1. The van der Waals surface area contributed by atoms with Crippen LogP contribution in [0.3, 0.4) is 0 Å². The van der Waals surface area contributed by atoms with E-state index in [0.29, 0.717) is 48.5 Å². The first-order valence-electron chi connectivity index (χ1n) is 9.56. The third-order valence-electron chi connectivity index (χ3n) is 5.10. The third kappa shape index (κ3) is 4.33. The quantitative estimate of drug-likeness (QED) is 0.593. The average molecular weight is 429 g/mol. The lowest BCUT2D eigenvalue weighted by molar-refractivity contribution is -0.120. The summed E-state index contributed by atoms with van der Waals surface area (Å²) < 4.78 is 10.7. The highest BCUT2D eigenvalue weighted by Crippen LogP contribution is 2.30. The van der Waals surface area contributed by atoms with Crippen molar-refractivity contribution in [2.75, 3.05) is 30.4 Å². The molecule has 1 amide bonds. The predicted molar refractivity (Wildman–Crippen MR) is 113 cm³/mol. The number of hydrogen-bond donors (Lipinski definition) is 2. The van der Waals surface area contributed by atoms with Gasteiger partial charge in [0, 0.05) is 29.6 Å². The smallest absolute Gasteiger partial charge is 0.324 e. The number of aromatic hydroxyl groups is 1. The minimum absolute atomic E-state index is 0.0129. The molecule has 9 heteroatoms. The Hall–Kier alpha value is -3.26. The van der Waals surface area contributed by atoms with Crippen LogP contribution in [0.4, 0.5) is 11.7 Å². The summed E-state index contributed by atoms with van der Waals surface area (Å²) in [5, 5.41) is 17.1. The van der Waals surface area contributed by atoms with Crippen LogP contribution in [-0.4, -0.2) is 41.4 Å². The molecule has 8 nitrogen and oxygen atoms in total. The largest absolute Gasteiger partial charge is 0.506 e. The molecule has 1 aliphatic rings. The molecule has 2 aromatic carbocycles. The Morgan fingerprint density at radius 1 is 1.27 bits per heavy atom. The van der Waals surface area contributed by atoms with E-state index < -0.39 is 0 Å². The number of ether oxygens (including phenoxy) is 1. The van der Waals surface area contributed by atoms with E-state index in [-0.39, 0.29) is 17.6 Å². The van der Waals surface area contributed by atoms with Gasteiger partial charge in [0.25, 0.3) is 0 Å². The second-order valence-electron chi connectivity index (χ2n) is 7.04. The van der Waals surface area contributed by atoms with Gasteiger partial charge in [-0.3, -0.25) is 4.79 Å². The van der Waals surface area contributed by atoms with E-state index >= 15 is 0 Å². The van der Waals surface area contributed by atoms with Gasteiger partial charge in [0.2, 0.25) is 11.7 Å². The first kappa shape index (κ1) is 20.0. The Kier molecular flexibility index (Phi) is 5.76. The number of nitrogens with one attached hydrogen (secondary N) is 1. The number of rotatable bonds is 5. The number of nitrogens with zero attached hydrogens (tertiary/aromatic N) is 3. The van der Waals surface area contributed by atoms with E-state index in [0.717, 1.165) is 11.3 Å². The van der Waals surface area contributed by atoms with Crippen LogP contribution >= 0.6 is 11.6 Å². The molecule has 0 unspecified atom stereocenters. The predicted octanol–water partition coefficient (Wildman–Crippen LogP) is 3.96. The maximum Gasteiger partial charge on any atom is 0.324 e. The molecule has 1 saturated heterocycles. The molecule has 4 rings (SSSR count). The van der Waals surface area contributed by atoms with Crippen molar-refractivity contribution in [3.05, 3.63) is 47.5 Å². The van der Waals surface area contributed by atoms with Gasteiger partial charge in [-0.25, -0.2) is 0 Å². The number of methoxy groups -OCH3 is 1. The van der Waals surface area contributed by atoms with Crippen molar-refractivity contribution in [1.82, 2.24) is 10.1 Å². The zero-order chi connectivity index (χ0) is 21.1. The molecule has 0 aliphatic carbocycles. The monoisotopic (exact) mass is 428 g/mol. The van der Waals surface area contributed by atoms with Crippen molar-refractivity contribution in [3.63, 3.8) is 0 Å². The van der Waals surface area contributed by atoms with Crippen molar-refractivity contribution in [2.24, 2.45) is 5.92 Å². The van der Waals surface area contributed by atoms with Crippen LogP contribution in [0.15, 0.2) is 47.0 Å². The molecule has 2 heterocycles. The van der Waals surface area contributed by atoms with Gasteiger partial charge in [-0.1, -0.05) is 28.9 Å². The van der Waals surface area contributed by atoms with Gasteiger partial charge in [0.15, 0.2) is 0 Å². The Morgan fingerprint density at radius 3 is 2.83 bits per heavy atom. The number of amides is 1. The number of carbonyl (C=O) groups is 1. The molecule has 0 bridgehead atoms. The van der Waals surface area contributed by atoms with Crippen LogP contribution in [0, 0.1) is 5.92 Å². The lowest BCUT2D eigenvalue weighted by atomic mass is 9.96. The molecule has 1 aliphatic heterocycles. The highest BCUT2D eigenvalue weighted by molar-refractivity contribution is 6.31. The molecule has 0 spiro atoms. The van der Waals surface area contributed by atoms with Crippen molar-refractivity contribution < 1.29 is 19.2 Å². The zero-order valence-corrected chi connectivity index (χ0v) is 17.1. The normalized spacial score (nSPS) is 14.5. The van der Waals surface area contributed by atoms with Gasteiger partial charge >= 0.3 is 6.01 Å². The third-order valence-corrected chi connectivity index (χ3v) is 5.33. The summed E-state index contributed by atoms with van der Waals surface area (Å²) in [7, 11) is 1.61. The minimum atomic E-state index is -0.180. The molecular formula is C21H21ClN4O4. The van der Waals surface area contributed by atoms with Crippen LogP contribution in [0.5, 0.6) is 11.5 Å². The number of benzene rings is 2. The molecule has 1 fully saturated rings. The zero-order valence-electron chi connectivity index (χ0n) is 16.3. The summed E-state index contributed by atoms with van der Waals surface area (Å²) in [5.41, 5.74) is 1.12. The molecular weight excluding hydrogens is 408 g/mol. The number of phenolic OH excluding ortho intramolecular Hbond substituents is 1. The summed E-state index contributed by atoms with van der Waals surface area (Å²) in [6.07, 6.45) is 1.26. The van der Waals surface area contributed by atoms with Crippen LogP contribution in [-0.2, 0) is 4.79 Å². The fourth-order valence-electron chi connectivity index (χ4n) is 3.40. The molecule has 0 saturated carbocycles. The van der Waals surface area contributed by atoms with Crippen LogP contribution in [0.1, 0.15) is 12.8 Å². The standard InChI is InChI=1S/C21H21ClN4O4/c1-29-16-4-2-3-14(11-16)19-24-21(30-25-19)26-9-7-13(8-10-26)20(28)23-17-12-15(22)5-6-18(17)27/h2-6,11-13,27H,7-10H2,1H3,(H,23,28). The Morgan fingerprint density at radius 2 is 2.07 bits per heavy atom. The fraction of sp³-hybridized carbons (Fsp3) is 0.286. The van der Waals surface area contributed by atoms with Crippen LogP contribution < -0.4 is 15.0 Å². The second-order valence-corrected chi connectivity index (χ2v) is 7.48. The molecule has 30 heavy (non-hydrogen) atoms. The van der Waals surface area contributed by atoms with E-state index in [9.17, 15) is 9.90 Å². The van der Waals surface area contributed by atoms with Crippen LogP contribution in [0.2, 0.25) is 5.02 Å². The van der Waals surface area contributed by atoms with Gasteiger partial charge < -0.3 is 24.6 Å². The van der Waals surface area contributed by atoms with Crippen molar-refractivity contribution in [3.8, 4) is 22.9 Å². The van der Waals surface area contributed by atoms with E-state index in [1.807, 2.05) is 29.2 Å². The molecule has 1 aromatic heterocycles. The summed E-state index contributed by atoms with van der Waals surface area (Å²) in [6, 6.07) is 12.4. The Balaban J connectivity index is 1.37. The summed E-state index contributed by atoms with van der Waals surface area (Å²) in [6.45, 7) is 1.22. The summed E-state index contributed by atoms with van der Waals surface area (Å²) in [5.74, 6) is 0.868. The molecule has 0 atom stereocenters. The number of halogens is 1. The van der Waals surface area contributed by atoms with Crippen LogP contribution in [0.25, 0.3) is 11.4 Å². The SMILES string of the molecule is COc1cccc(-c2noc(N3CCC(C(=O)Nc4cc(Cl)ccc4O)CC3)n2)c1. The molecule has 156 valence electrons. The van der Waals surface area contributed by atoms with Gasteiger partial charge in [-0.05, 0) is 43.2 Å². The minimum Gasteiger partial charge on any atom is -0.506 e.